The van der Waals surface area contributed by atoms with Crippen LogP contribution in [0.2, 0.25) is 0 Å². The van der Waals surface area contributed by atoms with Gasteiger partial charge in [0.1, 0.15) is 5.69 Å². The van der Waals surface area contributed by atoms with Crippen LogP contribution in [0.15, 0.2) is 18.2 Å². The number of nitro groups is 1. The second-order valence-corrected chi connectivity index (χ2v) is 5.42. The fourth-order valence-electron chi connectivity index (χ4n) is 2.73. The van der Waals surface area contributed by atoms with Crippen molar-refractivity contribution in [2.75, 3.05) is 44.2 Å². The quantitative estimate of drug-likeness (QED) is 0.501. The Morgan fingerprint density at radius 2 is 2.09 bits per heavy atom. The second-order valence-electron chi connectivity index (χ2n) is 5.42. The smallest absolute Gasteiger partial charge is 0.293 e. The first-order valence-corrected chi connectivity index (χ1v) is 7.40. The van der Waals surface area contributed by atoms with Gasteiger partial charge < -0.3 is 10.0 Å². The van der Waals surface area contributed by atoms with E-state index in [1.165, 1.54) is 13.0 Å². The van der Waals surface area contributed by atoms with Crippen LogP contribution in [0, 0.1) is 10.1 Å². The van der Waals surface area contributed by atoms with Crippen LogP contribution in [0.3, 0.4) is 0 Å². The lowest BCUT2D eigenvalue weighted by Crippen LogP contribution is -2.32. The van der Waals surface area contributed by atoms with E-state index in [0.29, 0.717) is 24.3 Å². The number of anilines is 1. The number of rotatable bonds is 5. The van der Waals surface area contributed by atoms with E-state index in [1.54, 1.807) is 12.1 Å². The van der Waals surface area contributed by atoms with Gasteiger partial charge in [0.2, 0.25) is 0 Å². The van der Waals surface area contributed by atoms with E-state index in [9.17, 15) is 14.9 Å². The highest BCUT2D eigenvalue weighted by molar-refractivity contribution is 5.95. The fraction of sp³-hybridized carbons (Fsp3) is 0.533. The molecule has 7 nitrogen and oxygen atoms in total. The molecule has 0 saturated carbocycles. The summed E-state index contributed by atoms with van der Waals surface area (Å²) in [5.41, 5.74) is 0.885. The Hall–Kier alpha value is -1.99. The summed E-state index contributed by atoms with van der Waals surface area (Å²) >= 11 is 0. The third kappa shape index (κ3) is 3.80. The van der Waals surface area contributed by atoms with Crippen molar-refractivity contribution >= 4 is 17.2 Å². The molecule has 2 rings (SSSR count). The average Bonchev–Trinajstić information content (AvgIpc) is 2.72. The Morgan fingerprint density at radius 3 is 2.73 bits per heavy atom. The van der Waals surface area contributed by atoms with Crippen molar-refractivity contribution in [1.29, 1.82) is 0 Å². The molecule has 1 aliphatic heterocycles. The van der Waals surface area contributed by atoms with Gasteiger partial charge >= 0.3 is 0 Å². The van der Waals surface area contributed by atoms with Crippen molar-refractivity contribution in [3.63, 3.8) is 0 Å². The van der Waals surface area contributed by atoms with Crippen molar-refractivity contribution in [2.45, 2.75) is 13.3 Å². The monoisotopic (exact) mass is 307 g/mol. The second kappa shape index (κ2) is 7.33. The molecule has 22 heavy (non-hydrogen) atoms. The zero-order chi connectivity index (χ0) is 16.1. The molecule has 1 N–H and O–H groups in total. The van der Waals surface area contributed by atoms with Gasteiger partial charge in [-0.1, -0.05) is 0 Å². The maximum atomic E-state index is 11.4. The van der Waals surface area contributed by atoms with E-state index in [2.05, 4.69) is 4.90 Å². The van der Waals surface area contributed by atoms with Crippen molar-refractivity contribution < 1.29 is 14.8 Å². The molecule has 0 aliphatic carbocycles. The summed E-state index contributed by atoms with van der Waals surface area (Å²) in [6, 6.07) is 4.66. The van der Waals surface area contributed by atoms with Crippen LogP contribution in [0.25, 0.3) is 0 Å². The molecule has 0 spiro atoms. The molecule has 0 aromatic heterocycles. The maximum Gasteiger partial charge on any atom is 0.293 e. The minimum absolute atomic E-state index is 0.0247. The SMILES string of the molecule is CC(=O)c1ccc(N2CCCN(CCO)CC2)c([N+](=O)[O-])c1. The van der Waals surface area contributed by atoms with E-state index < -0.39 is 4.92 Å². The molecule has 0 atom stereocenters. The molecule has 0 unspecified atom stereocenters. The molecular formula is C15H21N3O4. The number of carbonyl (C=O) groups excluding carboxylic acids is 1. The van der Waals surface area contributed by atoms with Gasteiger partial charge in [0.15, 0.2) is 5.78 Å². The zero-order valence-electron chi connectivity index (χ0n) is 12.7. The van der Waals surface area contributed by atoms with Gasteiger partial charge in [-0.05, 0) is 32.0 Å². The molecule has 0 amide bonds. The van der Waals surface area contributed by atoms with Gasteiger partial charge in [-0.25, -0.2) is 0 Å². The van der Waals surface area contributed by atoms with Crippen LogP contribution < -0.4 is 4.90 Å². The predicted octanol–water partition coefficient (Wildman–Crippen LogP) is 1.30. The van der Waals surface area contributed by atoms with Gasteiger partial charge in [-0.3, -0.25) is 19.8 Å². The number of ketones is 1. The van der Waals surface area contributed by atoms with Gasteiger partial charge in [-0.2, -0.15) is 0 Å². The van der Waals surface area contributed by atoms with E-state index in [0.717, 1.165) is 26.1 Å². The van der Waals surface area contributed by atoms with Crippen LogP contribution in [-0.4, -0.2) is 60.0 Å². The highest BCUT2D eigenvalue weighted by atomic mass is 16.6. The lowest BCUT2D eigenvalue weighted by atomic mass is 10.1. The summed E-state index contributed by atoms with van der Waals surface area (Å²) in [6.45, 7) is 5.16. The lowest BCUT2D eigenvalue weighted by molar-refractivity contribution is -0.384. The maximum absolute atomic E-state index is 11.4. The molecule has 7 heteroatoms. The van der Waals surface area contributed by atoms with E-state index in [-0.39, 0.29) is 18.1 Å². The fourth-order valence-corrected chi connectivity index (χ4v) is 2.73. The Balaban J connectivity index is 2.24. The minimum Gasteiger partial charge on any atom is -0.395 e. The Morgan fingerprint density at radius 1 is 1.32 bits per heavy atom. The molecule has 1 aliphatic rings. The number of aliphatic hydroxyl groups excluding tert-OH is 1. The number of aliphatic hydroxyl groups is 1. The number of hydrogen-bond donors (Lipinski definition) is 1. The van der Waals surface area contributed by atoms with Gasteiger partial charge in [-0.15, -0.1) is 0 Å². The molecule has 0 bridgehead atoms. The van der Waals surface area contributed by atoms with Crippen LogP contribution in [0.4, 0.5) is 11.4 Å². The van der Waals surface area contributed by atoms with Crippen molar-refractivity contribution in [3.8, 4) is 0 Å². The normalized spacial score (nSPS) is 16.4. The van der Waals surface area contributed by atoms with Gasteiger partial charge in [0.05, 0.1) is 11.5 Å². The van der Waals surface area contributed by atoms with Crippen molar-refractivity contribution in [2.24, 2.45) is 0 Å². The topological polar surface area (TPSA) is 86.9 Å². The largest absolute Gasteiger partial charge is 0.395 e. The average molecular weight is 307 g/mol. The number of β-amino-alcohol motifs (C(OH)–C–C–N with tert-alkyl or cyclic N) is 1. The minimum atomic E-state index is -0.432. The summed E-state index contributed by atoms with van der Waals surface area (Å²) in [5.74, 6) is -0.181. The summed E-state index contributed by atoms with van der Waals surface area (Å²) in [6.07, 6.45) is 0.881. The number of nitro benzene ring substituents is 1. The van der Waals surface area contributed by atoms with Crippen LogP contribution >= 0.6 is 0 Å². The highest BCUT2D eigenvalue weighted by Crippen LogP contribution is 2.30. The van der Waals surface area contributed by atoms with E-state index in [1.807, 2.05) is 4.90 Å². The third-order valence-corrected chi connectivity index (χ3v) is 3.92. The first-order valence-electron chi connectivity index (χ1n) is 7.40. The van der Waals surface area contributed by atoms with Crippen LogP contribution in [0.5, 0.6) is 0 Å². The number of nitrogens with zero attached hydrogens (tertiary/aromatic N) is 3. The van der Waals surface area contributed by atoms with Crippen LogP contribution in [-0.2, 0) is 0 Å². The Labute approximate surface area is 129 Å². The molecular weight excluding hydrogens is 286 g/mol. The van der Waals surface area contributed by atoms with Gasteiger partial charge in [0.25, 0.3) is 5.69 Å². The highest BCUT2D eigenvalue weighted by Gasteiger charge is 2.23. The standard InChI is InChI=1S/C15H21N3O4/c1-12(20)13-3-4-14(15(11-13)18(21)22)17-6-2-5-16(7-8-17)9-10-19/h3-4,11,19H,2,5-10H2,1H3. The van der Waals surface area contributed by atoms with E-state index >= 15 is 0 Å². The number of carbonyl (C=O) groups is 1. The van der Waals surface area contributed by atoms with Gasteiger partial charge in [0, 0.05) is 37.8 Å². The predicted molar refractivity (Wildman–Crippen MR) is 83.5 cm³/mol. The molecule has 1 aromatic rings. The molecule has 0 radical (unpaired) electrons. The molecule has 1 fully saturated rings. The lowest BCUT2D eigenvalue weighted by Gasteiger charge is -2.23. The first kappa shape index (κ1) is 16.4. The van der Waals surface area contributed by atoms with E-state index in [4.69, 9.17) is 5.11 Å². The molecule has 1 saturated heterocycles. The molecule has 1 aromatic carbocycles. The Kier molecular flexibility index (Phi) is 5.46. The molecule has 1 heterocycles. The first-order chi connectivity index (χ1) is 10.5. The van der Waals surface area contributed by atoms with Crippen molar-refractivity contribution in [1.82, 2.24) is 4.90 Å². The molecule has 120 valence electrons. The summed E-state index contributed by atoms with van der Waals surface area (Å²) < 4.78 is 0. The number of benzene rings is 1. The third-order valence-electron chi connectivity index (χ3n) is 3.92. The summed E-state index contributed by atoms with van der Waals surface area (Å²) in [7, 11) is 0. The summed E-state index contributed by atoms with van der Waals surface area (Å²) in [4.78, 5) is 26.4. The number of Topliss-reactive ketones (excluding diaryl/α,β-unsaturated/α-hetero) is 1. The number of hydrogen-bond acceptors (Lipinski definition) is 6. The Bertz CT molecular complexity index is 562. The summed E-state index contributed by atoms with van der Waals surface area (Å²) in [5, 5.41) is 20.3. The van der Waals surface area contributed by atoms with Crippen LogP contribution in [0.1, 0.15) is 23.7 Å². The zero-order valence-corrected chi connectivity index (χ0v) is 12.7. The van der Waals surface area contributed by atoms with Crippen molar-refractivity contribution in [3.05, 3.63) is 33.9 Å².